The monoisotopic (exact) mass is 269 g/mol. The summed E-state index contributed by atoms with van der Waals surface area (Å²) in [5, 5.41) is 0. The number of hydrogen-bond acceptors (Lipinski definition) is 3. The third-order valence-corrected chi connectivity index (χ3v) is 3.35. The van der Waals surface area contributed by atoms with Crippen molar-refractivity contribution in [3.63, 3.8) is 0 Å². The predicted molar refractivity (Wildman–Crippen MR) is 78.8 cm³/mol. The molecule has 0 saturated heterocycles. The molecular formula is C16H19N3O. The van der Waals surface area contributed by atoms with Crippen LogP contribution < -0.4 is 0 Å². The third kappa shape index (κ3) is 2.22. The van der Waals surface area contributed by atoms with Crippen LogP contribution in [0, 0.1) is 6.92 Å². The van der Waals surface area contributed by atoms with E-state index in [1.807, 2.05) is 0 Å². The highest BCUT2D eigenvalue weighted by molar-refractivity contribution is 5.77. The van der Waals surface area contributed by atoms with Gasteiger partial charge in [-0.2, -0.15) is 0 Å². The van der Waals surface area contributed by atoms with Crippen LogP contribution in [-0.4, -0.2) is 14.5 Å². The number of aromatic nitrogens is 3. The molecule has 0 N–H and O–H groups in total. The van der Waals surface area contributed by atoms with Crippen molar-refractivity contribution in [1.29, 1.82) is 0 Å². The number of benzene rings is 1. The van der Waals surface area contributed by atoms with Gasteiger partial charge in [-0.3, -0.25) is 0 Å². The maximum absolute atomic E-state index is 5.39. The summed E-state index contributed by atoms with van der Waals surface area (Å²) in [6.45, 7) is 9.23. The molecule has 0 bridgehead atoms. The fourth-order valence-electron chi connectivity index (χ4n) is 2.43. The van der Waals surface area contributed by atoms with Crippen molar-refractivity contribution in [1.82, 2.24) is 14.5 Å². The van der Waals surface area contributed by atoms with E-state index in [1.165, 1.54) is 5.56 Å². The van der Waals surface area contributed by atoms with Gasteiger partial charge in [0.2, 0.25) is 5.89 Å². The first kappa shape index (κ1) is 12.9. The lowest BCUT2D eigenvalue weighted by molar-refractivity contribution is 0.455. The van der Waals surface area contributed by atoms with Gasteiger partial charge in [0.1, 0.15) is 18.6 Å². The standard InChI is InChI=1S/C16H19N3O/c1-11-5-6-12-13(9-11)19(10-14-17-7-8-20-14)15(18-12)16(2,3)4/h5-9H,10H2,1-4H3. The minimum absolute atomic E-state index is 0.0283. The zero-order valence-corrected chi connectivity index (χ0v) is 12.3. The van der Waals surface area contributed by atoms with Gasteiger partial charge < -0.3 is 8.98 Å². The van der Waals surface area contributed by atoms with Crippen molar-refractivity contribution in [2.45, 2.75) is 39.7 Å². The van der Waals surface area contributed by atoms with Crippen molar-refractivity contribution in [2.75, 3.05) is 0 Å². The summed E-state index contributed by atoms with van der Waals surface area (Å²) in [7, 11) is 0. The molecule has 0 saturated carbocycles. The van der Waals surface area contributed by atoms with Crippen LogP contribution in [0.25, 0.3) is 11.0 Å². The van der Waals surface area contributed by atoms with E-state index in [2.05, 4.69) is 55.4 Å². The SMILES string of the molecule is Cc1ccc2nc(C(C)(C)C)n(Cc3ncco3)c2c1. The second-order valence-corrected chi connectivity index (χ2v) is 6.19. The fourth-order valence-corrected chi connectivity index (χ4v) is 2.43. The number of aryl methyl sites for hydroxylation is 1. The molecule has 0 spiro atoms. The lowest BCUT2D eigenvalue weighted by Crippen LogP contribution is -2.19. The first-order chi connectivity index (χ1) is 9.45. The fraction of sp³-hybridized carbons (Fsp3) is 0.375. The Labute approximate surface area is 118 Å². The number of rotatable bonds is 2. The molecular weight excluding hydrogens is 250 g/mol. The molecule has 2 heterocycles. The van der Waals surface area contributed by atoms with Crippen LogP contribution in [0.2, 0.25) is 0 Å². The highest BCUT2D eigenvalue weighted by atomic mass is 16.3. The van der Waals surface area contributed by atoms with E-state index in [0.717, 1.165) is 16.9 Å². The summed E-state index contributed by atoms with van der Waals surface area (Å²) in [5.74, 6) is 1.76. The summed E-state index contributed by atoms with van der Waals surface area (Å²) in [5.41, 5.74) is 3.35. The Kier molecular flexibility index (Phi) is 2.89. The molecule has 0 aliphatic carbocycles. The van der Waals surface area contributed by atoms with Crippen LogP contribution in [0.5, 0.6) is 0 Å². The highest BCUT2D eigenvalue weighted by Crippen LogP contribution is 2.27. The first-order valence-corrected chi connectivity index (χ1v) is 6.81. The molecule has 3 aromatic rings. The van der Waals surface area contributed by atoms with E-state index in [4.69, 9.17) is 9.40 Å². The molecule has 4 heteroatoms. The van der Waals surface area contributed by atoms with E-state index >= 15 is 0 Å². The van der Waals surface area contributed by atoms with Gasteiger partial charge in [0.25, 0.3) is 0 Å². The molecule has 0 atom stereocenters. The second kappa shape index (κ2) is 4.47. The van der Waals surface area contributed by atoms with Gasteiger partial charge in [-0.1, -0.05) is 26.8 Å². The third-order valence-electron chi connectivity index (χ3n) is 3.35. The van der Waals surface area contributed by atoms with Gasteiger partial charge in [0.15, 0.2) is 0 Å². The van der Waals surface area contributed by atoms with Crippen LogP contribution in [-0.2, 0) is 12.0 Å². The maximum Gasteiger partial charge on any atom is 0.213 e. The molecule has 0 radical (unpaired) electrons. The zero-order valence-electron chi connectivity index (χ0n) is 12.3. The van der Waals surface area contributed by atoms with Crippen LogP contribution in [0.4, 0.5) is 0 Å². The predicted octanol–water partition coefficient (Wildman–Crippen LogP) is 3.68. The number of hydrogen-bond donors (Lipinski definition) is 0. The molecule has 0 fully saturated rings. The van der Waals surface area contributed by atoms with Crippen LogP contribution in [0.1, 0.15) is 38.0 Å². The van der Waals surface area contributed by atoms with E-state index in [1.54, 1.807) is 12.5 Å². The Morgan fingerprint density at radius 2 is 2.05 bits per heavy atom. The lowest BCUT2D eigenvalue weighted by Gasteiger charge is -2.19. The number of imidazole rings is 1. The van der Waals surface area contributed by atoms with Gasteiger partial charge in [-0.05, 0) is 24.6 Å². The Hall–Kier alpha value is -2.10. The molecule has 20 heavy (non-hydrogen) atoms. The number of nitrogens with zero attached hydrogens (tertiary/aromatic N) is 3. The summed E-state index contributed by atoms with van der Waals surface area (Å²) in [6, 6.07) is 6.34. The van der Waals surface area contributed by atoms with Gasteiger partial charge in [-0.15, -0.1) is 0 Å². The highest BCUT2D eigenvalue weighted by Gasteiger charge is 2.23. The van der Waals surface area contributed by atoms with Crippen LogP contribution in [0.3, 0.4) is 0 Å². The van der Waals surface area contributed by atoms with E-state index in [-0.39, 0.29) is 5.41 Å². The van der Waals surface area contributed by atoms with Gasteiger partial charge in [0.05, 0.1) is 17.2 Å². The average molecular weight is 269 g/mol. The molecule has 1 aromatic carbocycles. The zero-order chi connectivity index (χ0) is 14.3. The van der Waals surface area contributed by atoms with Crippen molar-refractivity contribution in [2.24, 2.45) is 0 Å². The molecule has 0 amide bonds. The second-order valence-electron chi connectivity index (χ2n) is 6.19. The molecule has 3 rings (SSSR count). The van der Waals surface area contributed by atoms with E-state index in [0.29, 0.717) is 12.4 Å². The van der Waals surface area contributed by atoms with E-state index < -0.39 is 0 Å². The number of fused-ring (bicyclic) bond motifs is 1. The van der Waals surface area contributed by atoms with Gasteiger partial charge in [0, 0.05) is 5.41 Å². The van der Waals surface area contributed by atoms with Gasteiger partial charge >= 0.3 is 0 Å². The van der Waals surface area contributed by atoms with Crippen molar-refractivity contribution in [3.8, 4) is 0 Å². The molecule has 4 nitrogen and oxygen atoms in total. The Bertz CT molecular complexity index is 733. The molecule has 0 aliphatic heterocycles. The largest absolute Gasteiger partial charge is 0.447 e. The van der Waals surface area contributed by atoms with Crippen molar-refractivity contribution >= 4 is 11.0 Å². The minimum atomic E-state index is -0.0283. The lowest BCUT2D eigenvalue weighted by atomic mass is 9.95. The van der Waals surface area contributed by atoms with Crippen LogP contribution in [0.15, 0.2) is 35.1 Å². The smallest absolute Gasteiger partial charge is 0.213 e. The molecule has 104 valence electrons. The topological polar surface area (TPSA) is 43.9 Å². The summed E-state index contributed by atoms with van der Waals surface area (Å²) in [6.07, 6.45) is 3.28. The quantitative estimate of drug-likeness (QED) is 0.712. The Balaban J connectivity index is 2.21. The first-order valence-electron chi connectivity index (χ1n) is 6.81. The molecule has 0 unspecified atom stereocenters. The average Bonchev–Trinajstić information content (AvgIpc) is 2.97. The summed E-state index contributed by atoms with van der Waals surface area (Å²) >= 11 is 0. The molecule has 2 aromatic heterocycles. The summed E-state index contributed by atoms with van der Waals surface area (Å²) < 4.78 is 7.60. The Morgan fingerprint density at radius 1 is 1.25 bits per heavy atom. The molecule has 0 aliphatic rings. The van der Waals surface area contributed by atoms with E-state index in [9.17, 15) is 0 Å². The number of oxazole rings is 1. The van der Waals surface area contributed by atoms with Gasteiger partial charge in [-0.25, -0.2) is 9.97 Å². The van der Waals surface area contributed by atoms with Crippen LogP contribution >= 0.6 is 0 Å². The minimum Gasteiger partial charge on any atom is -0.447 e. The normalized spacial score (nSPS) is 12.2. The van der Waals surface area contributed by atoms with Crippen molar-refractivity contribution < 1.29 is 4.42 Å². The maximum atomic E-state index is 5.39. The van der Waals surface area contributed by atoms with Crippen molar-refractivity contribution in [3.05, 3.63) is 47.9 Å². The Morgan fingerprint density at radius 3 is 2.70 bits per heavy atom. The summed E-state index contributed by atoms with van der Waals surface area (Å²) in [4.78, 5) is 9.03.